The number of carbonyl (C=O) groups is 1. The number of thioether (sulfide) groups is 1. The Hall–Kier alpha value is -1.00. The summed E-state index contributed by atoms with van der Waals surface area (Å²) in [5.74, 6) is 1.31. The molecule has 0 radical (unpaired) electrons. The number of aryl methyl sites for hydroxylation is 1. The minimum Gasteiger partial charge on any atom is -0.388 e. The van der Waals surface area contributed by atoms with Crippen LogP contribution in [0.3, 0.4) is 0 Å². The Bertz CT molecular complexity index is 438. The van der Waals surface area contributed by atoms with Crippen LogP contribution in [-0.4, -0.2) is 28.9 Å². The number of rotatable bonds is 6. The molecule has 0 unspecified atom stereocenters. The van der Waals surface area contributed by atoms with E-state index in [0.717, 1.165) is 31.4 Å². The molecule has 4 heteroatoms. The number of hydrogen-bond donors (Lipinski definition) is 2. The normalized spacial score (nSPS) is 17.1. The summed E-state index contributed by atoms with van der Waals surface area (Å²) in [7, 11) is 0. The van der Waals surface area contributed by atoms with Crippen LogP contribution in [0.25, 0.3) is 0 Å². The second-order valence-electron chi connectivity index (χ2n) is 5.69. The van der Waals surface area contributed by atoms with Gasteiger partial charge in [-0.1, -0.05) is 42.7 Å². The zero-order valence-electron chi connectivity index (χ0n) is 12.0. The first-order valence-corrected chi connectivity index (χ1v) is 8.35. The van der Waals surface area contributed by atoms with Crippen LogP contribution in [0.2, 0.25) is 0 Å². The van der Waals surface area contributed by atoms with Gasteiger partial charge in [0.15, 0.2) is 0 Å². The van der Waals surface area contributed by atoms with Crippen LogP contribution in [0.15, 0.2) is 24.3 Å². The van der Waals surface area contributed by atoms with Gasteiger partial charge in [-0.25, -0.2) is 0 Å². The standard InChI is InChI=1S/C16H23NO2S/c1-13-4-6-14(7-5-13)10-20-11-15(18)17-12-16(19)8-2-3-9-16/h4-7,19H,2-3,8-12H2,1H3,(H,17,18). The quantitative estimate of drug-likeness (QED) is 0.848. The van der Waals surface area contributed by atoms with E-state index >= 15 is 0 Å². The van der Waals surface area contributed by atoms with Gasteiger partial charge >= 0.3 is 0 Å². The van der Waals surface area contributed by atoms with E-state index in [4.69, 9.17) is 0 Å². The molecule has 1 aliphatic carbocycles. The van der Waals surface area contributed by atoms with Crippen LogP contribution in [0.1, 0.15) is 36.8 Å². The first-order valence-electron chi connectivity index (χ1n) is 7.20. The van der Waals surface area contributed by atoms with Gasteiger partial charge in [-0.3, -0.25) is 4.79 Å². The Morgan fingerprint density at radius 3 is 2.60 bits per heavy atom. The number of hydrogen-bond acceptors (Lipinski definition) is 3. The molecule has 1 aromatic carbocycles. The Balaban J connectivity index is 1.64. The average molecular weight is 293 g/mol. The van der Waals surface area contributed by atoms with Crippen molar-refractivity contribution in [3.8, 4) is 0 Å². The molecule has 0 aromatic heterocycles. The number of carbonyl (C=O) groups excluding carboxylic acids is 1. The molecule has 0 atom stereocenters. The highest BCUT2D eigenvalue weighted by atomic mass is 32.2. The molecule has 1 aromatic rings. The Kier molecular flexibility index (Phi) is 5.49. The van der Waals surface area contributed by atoms with Crippen molar-refractivity contribution in [1.82, 2.24) is 5.32 Å². The summed E-state index contributed by atoms with van der Waals surface area (Å²) in [6.45, 7) is 2.47. The van der Waals surface area contributed by atoms with Crippen LogP contribution in [0, 0.1) is 6.92 Å². The van der Waals surface area contributed by atoms with Crippen molar-refractivity contribution in [1.29, 1.82) is 0 Å². The topological polar surface area (TPSA) is 49.3 Å². The van der Waals surface area contributed by atoms with Crippen LogP contribution in [0.5, 0.6) is 0 Å². The van der Waals surface area contributed by atoms with Gasteiger partial charge in [0.1, 0.15) is 0 Å². The molecule has 2 N–H and O–H groups in total. The van der Waals surface area contributed by atoms with Crippen LogP contribution < -0.4 is 5.32 Å². The molecule has 20 heavy (non-hydrogen) atoms. The Morgan fingerprint density at radius 2 is 1.95 bits per heavy atom. The minimum absolute atomic E-state index is 0.0161. The second-order valence-corrected chi connectivity index (χ2v) is 6.67. The van der Waals surface area contributed by atoms with E-state index in [-0.39, 0.29) is 5.91 Å². The van der Waals surface area contributed by atoms with Crippen LogP contribution >= 0.6 is 11.8 Å². The summed E-state index contributed by atoms with van der Waals surface area (Å²) in [4.78, 5) is 11.7. The predicted molar refractivity (Wildman–Crippen MR) is 83.8 cm³/mol. The molecule has 110 valence electrons. The summed E-state index contributed by atoms with van der Waals surface area (Å²) in [5.41, 5.74) is 1.83. The Labute approximate surface area is 125 Å². The highest BCUT2D eigenvalue weighted by Gasteiger charge is 2.31. The number of aliphatic hydroxyl groups is 1. The van der Waals surface area contributed by atoms with E-state index in [1.807, 2.05) is 0 Å². The summed E-state index contributed by atoms with van der Waals surface area (Å²) < 4.78 is 0. The SMILES string of the molecule is Cc1ccc(CSCC(=O)NCC2(O)CCCC2)cc1. The molecule has 1 amide bonds. The van der Waals surface area contributed by atoms with Crippen molar-refractivity contribution in [3.05, 3.63) is 35.4 Å². The monoisotopic (exact) mass is 293 g/mol. The number of nitrogens with one attached hydrogen (secondary N) is 1. The molecule has 3 nitrogen and oxygen atoms in total. The van der Waals surface area contributed by atoms with Gasteiger partial charge in [-0.15, -0.1) is 11.8 Å². The molecular weight excluding hydrogens is 270 g/mol. The average Bonchev–Trinajstić information content (AvgIpc) is 2.86. The Morgan fingerprint density at radius 1 is 1.30 bits per heavy atom. The molecule has 1 saturated carbocycles. The van der Waals surface area contributed by atoms with E-state index < -0.39 is 5.60 Å². The maximum atomic E-state index is 11.7. The molecule has 2 rings (SSSR count). The molecular formula is C16H23NO2S. The lowest BCUT2D eigenvalue weighted by Gasteiger charge is -2.22. The zero-order chi connectivity index (χ0) is 14.4. The van der Waals surface area contributed by atoms with Crippen molar-refractivity contribution in [3.63, 3.8) is 0 Å². The lowest BCUT2D eigenvalue weighted by atomic mass is 10.0. The summed E-state index contributed by atoms with van der Waals surface area (Å²) >= 11 is 1.61. The third-order valence-electron chi connectivity index (χ3n) is 3.77. The largest absolute Gasteiger partial charge is 0.388 e. The summed E-state index contributed by atoms with van der Waals surface area (Å²) in [6, 6.07) is 8.38. The molecule has 0 aliphatic heterocycles. The van der Waals surface area contributed by atoms with Gasteiger partial charge in [-0.05, 0) is 25.3 Å². The van der Waals surface area contributed by atoms with E-state index in [2.05, 4.69) is 36.5 Å². The highest BCUT2D eigenvalue weighted by molar-refractivity contribution is 7.99. The molecule has 0 saturated heterocycles. The number of amides is 1. The van der Waals surface area contributed by atoms with E-state index in [0.29, 0.717) is 12.3 Å². The van der Waals surface area contributed by atoms with Crippen molar-refractivity contribution in [2.75, 3.05) is 12.3 Å². The van der Waals surface area contributed by atoms with Gasteiger partial charge in [0, 0.05) is 12.3 Å². The first-order chi connectivity index (χ1) is 9.57. The molecule has 0 heterocycles. The van der Waals surface area contributed by atoms with Gasteiger partial charge in [0.25, 0.3) is 0 Å². The molecule has 0 bridgehead atoms. The molecule has 0 spiro atoms. The van der Waals surface area contributed by atoms with Gasteiger partial charge in [0.05, 0.1) is 11.4 Å². The molecule has 1 fully saturated rings. The third-order valence-corrected chi connectivity index (χ3v) is 4.78. The van der Waals surface area contributed by atoms with Crippen molar-refractivity contribution in [2.45, 2.75) is 44.0 Å². The minimum atomic E-state index is -0.655. The van der Waals surface area contributed by atoms with Crippen molar-refractivity contribution in [2.24, 2.45) is 0 Å². The van der Waals surface area contributed by atoms with Gasteiger partial charge in [0.2, 0.25) is 5.91 Å². The third kappa shape index (κ3) is 4.84. The van der Waals surface area contributed by atoms with Crippen molar-refractivity contribution >= 4 is 17.7 Å². The zero-order valence-corrected chi connectivity index (χ0v) is 12.8. The van der Waals surface area contributed by atoms with E-state index in [1.165, 1.54) is 11.1 Å². The summed E-state index contributed by atoms with van der Waals surface area (Å²) in [6.07, 6.45) is 3.75. The van der Waals surface area contributed by atoms with Gasteiger partial charge in [-0.2, -0.15) is 0 Å². The second kappa shape index (κ2) is 7.14. The fourth-order valence-corrected chi connectivity index (χ4v) is 3.29. The van der Waals surface area contributed by atoms with Crippen molar-refractivity contribution < 1.29 is 9.90 Å². The van der Waals surface area contributed by atoms with Crippen LogP contribution in [-0.2, 0) is 10.5 Å². The first kappa shape index (κ1) is 15.4. The lowest BCUT2D eigenvalue weighted by molar-refractivity contribution is -0.119. The van der Waals surface area contributed by atoms with Gasteiger partial charge < -0.3 is 10.4 Å². The fraction of sp³-hybridized carbons (Fsp3) is 0.562. The lowest BCUT2D eigenvalue weighted by Crippen LogP contribution is -2.41. The maximum absolute atomic E-state index is 11.7. The molecule has 1 aliphatic rings. The number of benzene rings is 1. The maximum Gasteiger partial charge on any atom is 0.230 e. The highest BCUT2D eigenvalue weighted by Crippen LogP contribution is 2.28. The fourth-order valence-electron chi connectivity index (χ4n) is 2.47. The van der Waals surface area contributed by atoms with Crippen LogP contribution in [0.4, 0.5) is 0 Å². The van der Waals surface area contributed by atoms with E-state index in [9.17, 15) is 9.90 Å². The smallest absolute Gasteiger partial charge is 0.230 e. The predicted octanol–water partition coefficient (Wildman–Crippen LogP) is 2.65. The summed E-state index contributed by atoms with van der Waals surface area (Å²) in [5, 5.41) is 13.0. The van der Waals surface area contributed by atoms with E-state index in [1.54, 1.807) is 11.8 Å².